The second kappa shape index (κ2) is 11.5. The first-order valence-electron chi connectivity index (χ1n) is 10.6. The summed E-state index contributed by atoms with van der Waals surface area (Å²) in [6.45, 7) is 10.0. The van der Waals surface area contributed by atoms with Gasteiger partial charge in [0.05, 0.1) is 19.1 Å². The van der Waals surface area contributed by atoms with Crippen LogP contribution < -0.4 is 10.1 Å². The number of nitrogens with one attached hydrogen (secondary N) is 1. The first-order valence-corrected chi connectivity index (χ1v) is 10.6. The lowest BCUT2D eigenvalue weighted by Crippen LogP contribution is -2.30. The predicted molar refractivity (Wildman–Crippen MR) is 121 cm³/mol. The molecule has 0 saturated carbocycles. The van der Waals surface area contributed by atoms with E-state index in [0.717, 1.165) is 22.4 Å². The maximum Gasteiger partial charge on any atom is 0.308 e. The summed E-state index contributed by atoms with van der Waals surface area (Å²) >= 11 is 0. The number of hydrogen-bond donors (Lipinski definition) is 1. The largest absolute Gasteiger partial charge is 0.481 e. The first-order chi connectivity index (χ1) is 14.7. The van der Waals surface area contributed by atoms with Crippen molar-refractivity contribution >= 4 is 17.6 Å². The van der Waals surface area contributed by atoms with Crippen molar-refractivity contribution in [3.05, 3.63) is 59.2 Å². The van der Waals surface area contributed by atoms with Crippen LogP contribution in [0.25, 0.3) is 0 Å². The smallest absolute Gasteiger partial charge is 0.308 e. The third kappa shape index (κ3) is 7.10. The molecule has 0 aliphatic carbocycles. The number of amides is 1. The Balaban J connectivity index is 2.02. The van der Waals surface area contributed by atoms with Gasteiger partial charge in [0.2, 0.25) is 0 Å². The Hall–Kier alpha value is -2.86. The van der Waals surface area contributed by atoms with Crippen molar-refractivity contribution in [3.63, 3.8) is 0 Å². The highest BCUT2D eigenvalue weighted by atomic mass is 16.5. The van der Waals surface area contributed by atoms with Gasteiger partial charge in [-0.25, -0.2) is 0 Å². The molecule has 0 heterocycles. The van der Waals surface area contributed by atoms with Crippen molar-refractivity contribution in [2.24, 2.45) is 0 Å². The summed E-state index contributed by atoms with van der Waals surface area (Å²) < 4.78 is 16.4. The molecule has 2 unspecified atom stereocenters. The summed E-state index contributed by atoms with van der Waals surface area (Å²) in [5, 5.41) is 2.87. The van der Waals surface area contributed by atoms with Crippen LogP contribution in [0.4, 0.5) is 5.69 Å². The van der Waals surface area contributed by atoms with Crippen molar-refractivity contribution < 1.29 is 23.8 Å². The molecule has 31 heavy (non-hydrogen) atoms. The summed E-state index contributed by atoms with van der Waals surface area (Å²) in [5.41, 5.74) is 3.63. The van der Waals surface area contributed by atoms with E-state index in [0.29, 0.717) is 18.2 Å². The van der Waals surface area contributed by atoms with Gasteiger partial charge in [0.15, 0.2) is 6.10 Å². The van der Waals surface area contributed by atoms with E-state index < -0.39 is 12.2 Å². The summed E-state index contributed by atoms with van der Waals surface area (Å²) in [6.07, 6.45) is -0.924. The molecule has 1 amide bonds. The molecule has 0 fully saturated rings. The number of aryl methyl sites for hydroxylation is 1. The van der Waals surface area contributed by atoms with E-state index in [1.807, 2.05) is 37.3 Å². The van der Waals surface area contributed by atoms with Crippen LogP contribution in [0.2, 0.25) is 0 Å². The van der Waals surface area contributed by atoms with Crippen LogP contribution in [0.1, 0.15) is 62.8 Å². The topological polar surface area (TPSA) is 73.9 Å². The minimum Gasteiger partial charge on any atom is -0.481 e. The third-order valence-electron chi connectivity index (χ3n) is 4.96. The molecule has 6 nitrogen and oxygen atoms in total. The van der Waals surface area contributed by atoms with Gasteiger partial charge in [-0.05, 0) is 61.6 Å². The molecule has 6 heteroatoms. The van der Waals surface area contributed by atoms with Gasteiger partial charge in [0, 0.05) is 12.8 Å². The normalized spacial score (nSPS) is 12.9. The molecule has 2 atom stereocenters. The highest BCUT2D eigenvalue weighted by molar-refractivity contribution is 5.94. The van der Waals surface area contributed by atoms with Gasteiger partial charge in [-0.2, -0.15) is 0 Å². The fraction of sp³-hybridized carbons (Fsp3) is 0.440. The second-order valence-corrected chi connectivity index (χ2v) is 7.80. The molecule has 0 aliphatic heterocycles. The van der Waals surface area contributed by atoms with Crippen LogP contribution in [0.5, 0.6) is 5.75 Å². The van der Waals surface area contributed by atoms with Crippen LogP contribution in [0.15, 0.2) is 42.5 Å². The van der Waals surface area contributed by atoms with Gasteiger partial charge in [-0.3, -0.25) is 9.59 Å². The van der Waals surface area contributed by atoms with Gasteiger partial charge in [0.1, 0.15) is 5.75 Å². The molecule has 0 aliphatic rings. The summed E-state index contributed by atoms with van der Waals surface area (Å²) in [5.74, 6) is 0.477. The zero-order valence-corrected chi connectivity index (χ0v) is 19.2. The van der Waals surface area contributed by atoms with Gasteiger partial charge >= 0.3 is 5.97 Å². The summed E-state index contributed by atoms with van der Waals surface area (Å²) in [7, 11) is 1.55. The minimum atomic E-state index is -0.658. The Bertz CT molecular complexity index is 876. The average Bonchev–Trinajstić information content (AvgIpc) is 2.72. The number of rotatable bonds is 10. The lowest BCUT2D eigenvalue weighted by Gasteiger charge is -2.20. The molecule has 0 radical (unpaired) electrons. The quantitative estimate of drug-likeness (QED) is 0.530. The Morgan fingerprint density at radius 2 is 1.71 bits per heavy atom. The highest BCUT2D eigenvalue weighted by Crippen LogP contribution is 2.28. The number of hydrogen-bond acceptors (Lipinski definition) is 5. The lowest BCUT2D eigenvalue weighted by atomic mass is 10.0. The molecule has 0 aromatic heterocycles. The molecule has 1 N–H and O–H groups in total. The van der Waals surface area contributed by atoms with E-state index in [4.69, 9.17) is 14.2 Å². The molecule has 0 spiro atoms. The van der Waals surface area contributed by atoms with Crippen LogP contribution in [-0.4, -0.2) is 31.7 Å². The number of ether oxygens (including phenoxy) is 3. The molecule has 0 bridgehead atoms. The van der Waals surface area contributed by atoms with Crippen LogP contribution >= 0.6 is 0 Å². The van der Waals surface area contributed by atoms with Crippen molar-refractivity contribution in [1.29, 1.82) is 0 Å². The maximum atomic E-state index is 12.7. The number of benzene rings is 2. The van der Waals surface area contributed by atoms with E-state index in [-0.39, 0.29) is 18.3 Å². The van der Waals surface area contributed by atoms with Crippen LogP contribution in [-0.2, 0) is 19.1 Å². The van der Waals surface area contributed by atoms with E-state index in [1.54, 1.807) is 33.1 Å². The summed E-state index contributed by atoms with van der Waals surface area (Å²) in [6, 6.07) is 13.3. The Labute approximate surface area is 184 Å². The highest BCUT2D eigenvalue weighted by Gasteiger charge is 2.19. The Morgan fingerprint density at radius 3 is 2.29 bits per heavy atom. The van der Waals surface area contributed by atoms with E-state index in [1.165, 1.54) is 0 Å². The fourth-order valence-corrected chi connectivity index (χ4v) is 3.20. The van der Waals surface area contributed by atoms with E-state index in [9.17, 15) is 9.59 Å². The van der Waals surface area contributed by atoms with Crippen molar-refractivity contribution in [1.82, 2.24) is 0 Å². The standard InChI is InChI=1S/C25H33NO5/c1-7-30-24(27)15-22(29-6)19-9-11-20(12-10-19)26-25(28)18(5)31-23-14-17(4)8-13-21(23)16(2)3/h8-14,16,18,22H,7,15H2,1-6H3,(H,26,28). The summed E-state index contributed by atoms with van der Waals surface area (Å²) in [4.78, 5) is 24.4. The monoisotopic (exact) mass is 427 g/mol. The van der Waals surface area contributed by atoms with Gasteiger partial charge in [-0.1, -0.05) is 38.1 Å². The molecule has 0 saturated heterocycles. The number of carbonyl (C=O) groups excluding carboxylic acids is 2. The maximum absolute atomic E-state index is 12.7. The number of methoxy groups -OCH3 is 1. The van der Waals surface area contributed by atoms with E-state index in [2.05, 4.69) is 19.2 Å². The average molecular weight is 428 g/mol. The van der Waals surface area contributed by atoms with Crippen molar-refractivity contribution in [2.75, 3.05) is 19.0 Å². The molecule has 2 aromatic carbocycles. The van der Waals surface area contributed by atoms with Crippen LogP contribution in [0.3, 0.4) is 0 Å². The zero-order chi connectivity index (χ0) is 23.0. The molecule has 2 aromatic rings. The van der Waals surface area contributed by atoms with Gasteiger partial charge in [0.25, 0.3) is 5.91 Å². The first kappa shape index (κ1) is 24.4. The Kier molecular flexibility index (Phi) is 9.06. The molecular weight excluding hydrogens is 394 g/mol. The Morgan fingerprint density at radius 1 is 1.03 bits per heavy atom. The molecular formula is C25H33NO5. The van der Waals surface area contributed by atoms with E-state index >= 15 is 0 Å². The van der Waals surface area contributed by atoms with Crippen molar-refractivity contribution in [2.45, 2.75) is 59.2 Å². The van der Waals surface area contributed by atoms with Gasteiger partial charge in [-0.15, -0.1) is 0 Å². The zero-order valence-electron chi connectivity index (χ0n) is 19.2. The predicted octanol–water partition coefficient (Wildman–Crippen LogP) is 5.17. The van der Waals surface area contributed by atoms with Crippen LogP contribution in [0, 0.1) is 6.92 Å². The number of esters is 1. The van der Waals surface area contributed by atoms with Crippen molar-refractivity contribution in [3.8, 4) is 5.75 Å². The fourth-order valence-electron chi connectivity index (χ4n) is 3.20. The number of carbonyl (C=O) groups is 2. The molecule has 168 valence electrons. The second-order valence-electron chi connectivity index (χ2n) is 7.80. The number of anilines is 1. The minimum absolute atomic E-state index is 0.135. The third-order valence-corrected chi connectivity index (χ3v) is 4.96. The SMILES string of the molecule is CCOC(=O)CC(OC)c1ccc(NC(=O)C(C)Oc2cc(C)ccc2C(C)C)cc1. The molecule has 2 rings (SSSR count). The van der Waals surface area contributed by atoms with Gasteiger partial charge < -0.3 is 19.5 Å². The lowest BCUT2D eigenvalue weighted by molar-refractivity contribution is -0.146.